The number of carboxylic acids is 1. The van der Waals surface area contributed by atoms with E-state index in [4.69, 9.17) is 14.6 Å². The summed E-state index contributed by atoms with van der Waals surface area (Å²) in [6.45, 7) is 5.07. The third-order valence-electron chi connectivity index (χ3n) is 1.76. The number of ether oxygens (including phenoxy) is 2. The normalized spacial score (nSPS) is 9.78. The molecule has 104 valence electrons. The molecule has 0 aliphatic rings. The van der Waals surface area contributed by atoms with E-state index < -0.39 is 5.97 Å². The molecule has 0 aromatic rings. The maximum atomic E-state index is 11.2. The van der Waals surface area contributed by atoms with Crippen LogP contribution in [0.5, 0.6) is 0 Å². The Balaban J connectivity index is 3.22. The number of carboxylic acid groups (broad SMARTS) is 1. The molecule has 0 atom stereocenters. The van der Waals surface area contributed by atoms with E-state index in [9.17, 15) is 9.59 Å². The largest absolute Gasteiger partial charge is 0.480 e. The van der Waals surface area contributed by atoms with Crippen LogP contribution in [0, 0.1) is 0 Å². The van der Waals surface area contributed by atoms with Crippen molar-refractivity contribution >= 4 is 12.0 Å². The van der Waals surface area contributed by atoms with Crippen LogP contribution in [0.2, 0.25) is 0 Å². The number of nitrogens with one attached hydrogen (secondary N) is 2. The van der Waals surface area contributed by atoms with Crippen molar-refractivity contribution in [1.82, 2.24) is 10.6 Å². The zero-order chi connectivity index (χ0) is 13.6. The molecule has 18 heavy (non-hydrogen) atoms. The molecule has 0 unspecified atom stereocenters. The van der Waals surface area contributed by atoms with Crippen molar-refractivity contribution in [2.45, 2.75) is 6.42 Å². The van der Waals surface area contributed by atoms with Crippen LogP contribution in [0.1, 0.15) is 6.42 Å². The molecule has 0 saturated heterocycles. The van der Waals surface area contributed by atoms with Crippen LogP contribution in [0.25, 0.3) is 0 Å². The molecular weight excluding hydrogens is 240 g/mol. The Morgan fingerprint density at radius 1 is 1.11 bits per heavy atom. The first-order valence-electron chi connectivity index (χ1n) is 5.66. The van der Waals surface area contributed by atoms with Crippen molar-refractivity contribution in [1.29, 1.82) is 0 Å². The molecule has 0 spiro atoms. The predicted octanol–water partition coefficient (Wildman–Crippen LogP) is -0.0205. The molecule has 0 fully saturated rings. The lowest BCUT2D eigenvalue weighted by Gasteiger charge is -2.07. The fourth-order valence-electron chi connectivity index (χ4n) is 0.964. The van der Waals surface area contributed by atoms with Gasteiger partial charge in [0.25, 0.3) is 0 Å². The van der Waals surface area contributed by atoms with Gasteiger partial charge in [-0.2, -0.15) is 0 Å². The van der Waals surface area contributed by atoms with Crippen LogP contribution in [-0.4, -0.2) is 56.6 Å². The van der Waals surface area contributed by atoms with Gasteiger partial charge < -0.3 is 25.2 Å². The Morgan fingerprint density at radius 3 is 2.28 bits per heavy atom. The lowest BCUT2D eigenvalue weighted by atomic mass is 10.4. The van der Waals surface area contributed by atoms with E-state index in [1.165, 1.54) is 0 Å². The highest BCUT2D eigenvalue weighted by Gasteiger charge is 1.99. The van der Waals surface area contributed by atoms with Gasteiger partial charge in [0.1, 0.15) is 6.61 Å². The van der Waals surface area contributed by atoms with Crippen LogP contribution in [0.15, 0.2) is 12.7 Å². The monoisotopic (exact) mass is 260 g/mol. The van der Waals surface area contributed by atoms with E-state index >= 15 is 0 Å². The summed E-state index contributed by atoms with van der Waals surface area (Å²) in [7, 11) is 0. The van der Waals surface area contributed by atoms with Crippen molar-refractivity contribution in [3.63, 3.8) is 0 Å². The molecule has 0 aliphatic heterocycles. The molecule has 3 N–H and O–H groups in total. The third-order valence-corrected chi connectivity index (χ3v) is 1.76. The second-order valence-electron chi connectivity index (χ2n) is 3.32. The molecule has 0 rings (SSSR count). The lowest BCUT2D eigenvalue weighted by Crippen LogP contribution is -2.39. The van der Waals surface area contributed by atoms with Gasteiger partial charge in [0.05, 0.1) is 19.8 Å². The summed E-state index contributed by atoms with van der Waals surface area (Å²) in [4.78, 5) is 21.3. The minimum atomic E-state index is -1.03. The molecule has 0 radical (unpaired) electrons. The Labute approximate surface area is 106 Å². The van der Waals surface area contributed by atoms with Crippen molar-refractivity contribution in [2.75, 3.05) is 39.5 Å². The number of hydrogen-bond acceptors (Lipinski definition) is 4. The van der Waals surface area contributed by atoms with Gasteiger partial charge in [-0.1, -0.05) is 6.08 Å². The lowest BCUT2D eigenvalue weighted by molar-refractivity contribution is -0.142. The maximum absolute atomic E-state index is 11.2. The van der Waals surface area contributed by atoms with E-state index in [2.05, 4.69) is 17.2 Å². The highest BCUT2D eigenvalue weighted by molar-refractivity contribution is 5.73. The molecule has 0 aromatic carbocycles. The topological polar surface area (TPSA) is 96.9 Å². The van der Waals surface area contributed by atoms with E-state index in [0.29, 0.717) is 19.8 Å². The first kappa shape index (κ1) is 16.4. The van der Waals surface area contributed by atoms with Gasteiger partial charge in [-0.25, -0.2) is 9.59 Å². The quantitative estimate of drug-likeness (QED) is 0.358. The van der Waals surface area contributed by atoms with Gasteiger partial charge in [-0.15, -0.1) is 6.58 Å². The van der Waals surface area contributed by atoms with Crippen LogP contribution >= 0.6 is 0 Å². The summed E-state index contributed by atoms with van der Waals surface area (Å²) in [6, 6.07) is -0.332. The first-order valence-corrected chi connectivity index (χ1v) is 5.66. The van der Waals surface area contributed by atoms with E-state index in [0.717, 1.165) is 6.42 Å². The molecule has 7 nitrogen and oxygen atoms in total. The summed E-state index contributed by atoms with van der Waals surface area (Å²) >= 11 is 0. The van der Waals surface area contributed by atoms with Gasteiger partial charge >= 0.3 is 12.0 Å². The second kappa shape index (κ2) is 11.9. The number of carbonyl (C=O) groups excluding carboxylic acids is 1. The zero-order valence-corrected chi connectivity index (χ0v) is 10.3. The van der Waals surface area contributed by atoms with Crippen LogP contribution in [-0.2, 0) is 14.3 Å². The highest BCUT2D eigenvalue weighted by Crippen LogP contribution is 1.81. The van der Waals surface area contributed by atoms with Crippen LogP contribution < -0.4 is 10.6 Å². The average Bonchev–Trinajstić information content (AvgIpc) is 2.33. The minimum Gasteiger partial charge on any atom is -0.480 e. The number of amides is 2. The SMILES string of the molecule is C=CCCOCCNC(=O)NCCOCC(=O)O. The third kappa shape index (κ3) is 12.5. The number of urea groups is 1. The van der Waals surface area contributed by atoms with Gasteiger partial charge in [0.15, 0.2) is 0 Å². The molecular formula is C11H20N2O5. The number of rotatable bonds is 11. The summed E-state index contributed by atoms with van der Waals surface area (Å²) in [5, 5.41) is 13.4. The Kier molecular flexibility index (Phi) is 10.8. The van der Waals surface area contributed by atoms with Gasteiger partial charge in [-0.3, -0.25) is 0 Å². The Morgan fingerprint density at radius 2 is 1.72 bits per heavy atom. The molecule has 2 amide bonds. The maximum Gasteiger partial charge on any atom is 0.329 e. The summed E-state index contributed by atoms with van der Waals surface area (Å²) in [5.41, 5.74) is 0. The number of hydrogen-bond donors (Lipinski definition) is 3. The smallest absolute Gasteiger partial charge is 0.329 e. The molecule has 7 heteroatoms. The Hall–Kier alpha value is -1.60. The highest BCUT2D eigenvalue weighted by atomic mass is 16.5. The van der Waals surface area contributed by atoms with Crippen molar-refractivity contribution in [3.8, 4) is 0 Å². The fourth-order valence-corrected chi connectivity index (χ4v) is 0.964. The molecule has 0 bridgehead atoms. The van der Waals surface area contributed by atoms with Crippen LogP contribution in [0.4, 0.5) is 4.79 Å². The summed E-state index contributed by atoms with van der Waals surface area (Å²) in [6.07, 6.45) is 2.55. The zero-order valence-electron chi connectivity index (χ0n) is 10.3. The summed E-state index contributed by atoms with van der Waals surface area (Å²) in [5.74, 6) is -1.03. The Bertz CT molecular complexity index is 258. The van der Waals surface area contributed by atoms with Crippen LogP contribution in [0.3, 0.4) is 0 Å². The van der Waals surface area contributed by atoms with Crippen molar-refractivity contribution in [3.05, 3.63) is 12.7 Å². The first-order chi connectivity index (χ1) is 8.66. The van der Waals surface area contributed by atoms with Gasteiger partial charge in [0.2, 0.25) is 0 Å². The van der Waals surface area contributed by atoms with Gasteiger partial charge in [-0.05, 0) is 6.42 Å². The van der Waals surface area contributed by atoms with E-state index in [1.807, 2.05) is 0 Å². The average molecular weight is 260 g/mol. The predicted molar refractivity (Wildman–Crippen MR) is 65.5 cm³/mol. The summed E-state index contributed by atoms with van der Waals surface area (Å²) < 4.78 is 9.93. The van der Waals surface area contributed by atoms with E-state index in [-0.39, 0.29) is 25.8 Å². The number of aliphatic carboxylic acids is 1. The molecule has 0 heterocycles. The second-order valence-corrected chi connectivity index (χ2v) is 3.32. The van der Waals surface area contributed by atoms with Gasteiger partial charge in [0, 0.05) is 13.1 Å². The molecule has 0 aliphatic carbocycles. The standard InChI is InChI=1S/C11H20N2O5/c1-2-3-6-17-7-4-12-11(16)13-5-8-18-9-10(14)15/h2H,1,3-9H2,(H,14,15)(H2,12,13,16). The molecule has 0 saturated carbocycles. The minimum absolute atomic E-state index is 0.162. The fraction of sp³-hybridized carbons (Fsp3) is 0.636. The van der Waals surface area contributed by atoms with E-state index in [1.54, 1.807) is 6.08 Å². The molecule has 0 aromatic heterocycles. The number of carbonyl (C=O) groups is 2. The van der Waals surface area contributed by atoms with Crippen molar-refractivity contribution < 1.29 is 24.2 Å². The van der Waals surface area contributed by atoms with Crippen molar-refractivity contribution in [2.24, 2.45) is 0 Å².